The molecular formula is C21H26N4O3S. The van der Waals surface area contributed by atoms with E-state index in [4.69, 9.17) is 9.73 Å². The fourth-order valence-corrected chi connectivity index (χ4v) is 4.50. The van der Waals surface area contributed by atoms with Crippen LogP contribution in [0.15, 0.2) is 34.6 Å². The number of rotatable bonds is 4. The maximum atomic E-state index is 11.4. The summed E-state index contributed by atoms with van der Waals surface area (Å²) in [5, 5.41) is 16.1. The Hall–Kier alpha value is -2.58. The van der Waals surface area contributed by atoms with E-state index in [0.717, 1.165) is 59.7 Å². The molecule has 0 unspecified atom stereocenters. The molecule has 0 amide bonds. The maximum absolute atomic E-state index is 11.4. The fraction of sp³-hybridized carbons (Fsp3) is 0.429. The van der Waals surface area contributed by atoms with Gasteiger partial charge in [0.05, 0.1) is 29.5 Å². The molecule has 154 valence electrons. The summed E-state index contributed by atoms with van der Waals surface area (Å²) < 4.78 is 5.36. The Labute approximate surface area is 174 Å². The number of nitrogens with one attached hydrogen (secondary N) is 1. The molecule has 2 aliphatic rings. The van der Waals surface area contributed by atoms with Gasteiger partial charge >= 0.3 is 5.97 Å². The van der Waals surface area contributed by atoms with Gasteiger partial charge in [0.15, 0.2) is 0 Å². The zero-order valence-corrected chi connectivity index (χ0v) is 17.8. The largest absolute Gasteiger partial charge is 0.497 e. The number of carbonyl (C=O) groups is 1. The van der Waals surface area contributed by atoms with Crippen molar-refractivity contribution >= 4 is 39.5 Å². The number of aliphatic carboxylic acids is 1. The van der Waals surface area contributed by atoms with Gasteiger partial charge in [-0.2, -0.15) is 0 Å². The minimum atomic E-state index is -0.755. The molecule has 29 heavy (non-hydrogen) atoms. The molecule has 1 aromatic heterocycles. The third kappa shape index (κ3) is 3.95. The summed E-state index contributed by atoms with van der Waals surface area (Å²) in [6.07, 6.45) is 0. The van der Waals surface area contributed by atoms with Gasteiger partial charge in [-0.3, -0.25) is 9.69 Å². The summed E-state index contributed by atoms with van der Waals surface area (Å²) in [4.78, 5) is 21.0. The number of aliphatic imine (C=N–C) groups is 1. The minimum Gasteiger partial charge on any atom is -0.497 e. The Morgan fingerprint density at radius 1 is 1.28 bits per heavy atom. The predicted octanol–water partition coefficient (Wildman–Crippen LogP) is 3.62. The molecule has 3 heterocycles. The molecule has 2 aromatic rings. The SMILES string of the molecule is COc1ccc2c(c1)Nc1sccc1C(N1CCN(CC(C)(C)C(=O)O)CC1)=N2. The van der Waals surface area contributed by atoms with Crippen molar-refractivity contribution in [2.45, 2.75) is 13.8 Å². The predicted molar refractivity (Wildman–Crippen MR) is 116 cm³/mol. The molecule has 4 rings (SSSR count). The van der Waals surface area contributed by atoms with Gasteiger partial charge in [-0.1, -0.05) is 0 Å². The second kappa shape index (κ2) is 7.68. The highest BCUT2D eigenvalue weighted by Gasteiger charge is 2.32. The topological polar surface area (TPSA) is 77.4 Å². The van der Waals surface area contributed by atoms with Crippen molar-refractivity contribution in [2.75, 3.05) is 45.2 Å². The molecule has 1 aromatic carbocycles. The van der Waals surface area contributed by atoms with Gasteiger partial charge < -0.3 is 20.1 Å². The lowest BCUT2D eigenvalue weighted by atomic mass is 9.93. The molecule has 0 bridgehead atoms. The second-order valence-corrected chi connectivity index (χ2v) is 8.98. The highest BCUT2D eigenvalue weighted by molar-refractivity contribution is 7.14. The van der Waals surface area contributed by atoms with Gasteiger partial charge in [-0.15, -0.1) is 11.3 Å². The molecular weight excluding hydrogens is 388 g/mol. The van der Waals surface area contributed by atoms with Crippen LogP contribution in [0, 0.1) is 5.41 Å². The van der Waals surface area contributed by atoms with E-state index in [9.17, 15) is 9.90 Å². The minimum absolute atomic E-state index is 0.552. The van der Waals surface area contributed by atoms with Crippen LogP contribution in [-0.4, -0.2) is 66.5 Å². The third-order valence-electron chi connectivity index (χ3n) is 5.45. The number of carboxylic acid groups (broad SMARTS) is 1. The Morgan fingerprint density at radius 2 is 2.03 bits per heavy atom. The van der Waals surface area contributed by atoms with Gasteiger partial charge in [0.25, 0.3) is 0 Å². The van der Waals surface area contributed by atoms with Crippen LogP contribution in [0.1, 0.15) is 19.4 Å². The maximum Gasteiger partial charge on any atom is 0.310 e. The van der Waals surface area contributed by atoms with Crippen LogP contribution in [0.5, 0.6) is 5.75 Å². The quantitative estimate of drug-likeness (QED) is 0.796. The van der Waals surface area contributed by atoms with Gasteiger partial charge in [-0.05, 0) is 37.4 Å². The monoisotopic (exact) mass is 414 g/mol. The number of thiophene rings is 1. The molecule has 0 aliphatic carbocycles. The van der Waals surface area contributed by atoms with Crippen LogP contribution in [0.2, 0.25) is 0 Å². The van der Waals surface area contributed by atoms with Crippen LogP contribution in [0.25, 0.3) is 0 Å². The van der Waals surface area contributed by atoms with E-state index >= 15 is 0 Å². The number of anilines is 2. The van der Waals surface area contributed by atoms with Crippen molar-refractivity contribution in [1.29, 1.82) is 0 Å². The number of benzene rings is 1. The Balaban J connectivity index is 1.56. The summed E-state index contributed by atoms with van der Waals surface area (Å²) in [5.41, 5.74) is 2.18. The van der Waals surface area contributed by atoms with E-state index in [0.29, 0.717) is 6.54 Å². The number of ether oxygens (including phenoxy) is 1. The van der Waals surface area contributed by atoms with Crippen molar-refractivity contribution < 1.29 is 14.6 Å². The van der Waals surface area contributed by atoms with Crippen molar-refractivity contribution in [3.8, 4) is 5.75 Å². The summed E-state index contributed by atoms with van der Waals surface area (Å²) in [5.74, 6) is 1.01. The molecule has 8 heteroatoms. The zero-order valence-electron chi connectivity index (χ0n) is 16.9. The van der Waals surface area contributed by atoms with E-state index in [2.05, 4.69) is 26.6 Å². The van der Waals surface area contributed by atoms with E-state index in [1.165, 1.54) is 0 Å². The zero-order chi connectivity index (χ0) is 20.6. The fourth-order valence-electron chi connectivity index (χ4n) is 3.70. The van der Waals surface area contributed by atoms with Crippen LogP contribution in [0.4, 0.5) is 16.4 Å². The molecule has 0 radical (unpaired) electrons. The number of nitrogens with zero attached hydrogens (tertiary/aromatic N) is 3. The van der Waals surface area contributed by atoms with E-state index < -0.39 is 11.4 Å². The summed E-state index contributed by atoms with van der Waals surface area (Å²) in [7, 11) is 1.66. The molecule has 0 saturated carbocycles. The standard InChI is InChI=1S/C21H26N4O3S/c1-21(2,20(26)27)13-24-7-9-25(10-8-24)18-15-6-11-29-19(15)23-17-12-14(28-3)4-5-16(17)22-18/h4-6,11-12,23H,7-10,13H2,1-3H3,(H,26,27). The van der Waals surface area contributed by atoms with Gasteiger partial charge in [0.2, 0.25) is 0 Å². The van der Waals surface area contributed by atoms with Crippen molar-refractivity contribution in [3.05, 3.63) is 35.2 Å². The summed E-state index contributed by atoms with van der Waals surface area (Å²) in [6, 6.07) is 7.97. The van der Waals surface area contributed by atoms with Crippen LogP contribution < -0.4 is 10.1 Å². The van der Waals surface area contributed by atoms with Gasteiger partial charge in [0.1, 0.15) is 16.6 Å². The first-order chi connectivity index (χ1) is 13.9. The molecule has 2 N–H and O–H groups in total. The first-order valence-electron chi connectivity index (χ1n) is 9.70. The van der Waals surface area contributed by atoms with Crippen LogP contribution in [0.3, 0.4) is 0 Å². The normalized spacial score (nSPS) is 16.9. The smallest absolute Gasteiger partial charge is 0.310 e. The molecule has 7 nitrogen and oxygen atoms in total. The molecule has 0 atom stereocenters. The Kier molecular flexibility index (Phi) is 5.23. The Morgan fingerprint density at radius 3 is 2.72 bits per heavy atom. The van der Waals surface area contributed by atoms with E-state index in [1.54, 1.807) is 32.3 Å². The van der Waals surface area contributed by atoms with Crippen LogP contribution >= 0.6 is 11.3 Å². The average Bonchev–Trinajstić information content (AvgIpc) is 3.09. The molecule has 1 fully saturated rings. The van der Waals surface area contributed by atoms with E-state index in [1.807, 2.05) is 18.2 Å². The lowest BCUT2D eigenvalue weighted by Crippen LogP contribution is -2.51. The average molecular weight is 415 g/mol. The third-order valence-corrected chi connectivity index (χ3v) is 6.28. The number of piperazine rings is 1. The summed E-state index contributed by atoms with van der Waals surface area (Å²) >= 11 is 1.66. The van der Waals surface area contributed by atoms with Crippen molar-refractivity contribution in [3.63, 3.8) is 0 Å². The van der Waals surface area contributed by atoms with Gasteiger partial charge in [-0.25, -0.2) is 4.99 Å². The molecule has 1 saturated heterocycles. The second-order valence-electron chi connectivity index (χ2n) is 8.06. The van der Waals surface area contributed by atoms with Crippen molar-refractivity contribution in [2.24, 2.45) is 10.4 Å². The van der Waals surface area contributed by atoms with E-state index in [-0.39, 0.29) is 0 Å². The molecule has 0 spiro atoms. The first-order valence-corrected chi connectivity index (χ1v) is 10.6. The van der Waals surface area contributed by atoms with Crippen molar-refractivity contribution in [1.82, 2.24) is 9.80 Å². The number of methoxy groups -OCH3 is 1. The van der Waals surface area contributed by atoms with Crippen LogP contribution in [-0.2, 0) is 4.79 Å². The number of hydrogen-bond acceptors (Lipinski definition) is 7. The number of hydrogen-bond donors (Lipinski definition) is 2. The molecule has 2 aliphatic heterocycles. The lowest BCUT2D eigenvalue weighted by Gasteiger charge is -2.38. The highest BCUT2D eigenvalue weighted by Crippen LogP contribution is 2.39. The Bertz CT molecular complexity index is 945. The first kappa shape index (κ1) is 19.7. The number of carboxylic acids is 1. The lowest BCUT2D eigenvalue weighted by molar-refractivity contribution is -0.148. The number of fused-ring (bicyclic) bond motifs is 2. The highest BCUT2D eigenvalue weighted by atomic mass is 32.1. The summed E-state index contributed by atoms with van der Waals surface area (Å²) in [6.45, 7) is 7.38. The van der Waals surface area contributed by atoms with Gasteiger partial charge in [0, 0.05) is 38.8 Å². The number of amidine groups is 1.